The van der Waals surface area contributed by atoms with Gasteiger partial charge in [-0.2, -0.15) is 0 Å². The van der Waals surface area contributed by atoms with Gasteiger partial charge in [-0.15, -0.1) is 0 Å². The largest absolute Gasteiger partial charge is 1.00 e. The fourth-order valence-electron chi connectivity index (χ4n) is 0. The van der Waals surface area contributed by atoms with E-state index in [0.717, 1.165) is 0 Å². The van der Waals surface area contributed by atoms with Crippen molar-refractivity contribution in [2.75, 3.05) is 0 Å². The molecule has 3 nitrogen and oxygen atoms in total. The molecule has 0 spiro atoms. The molecule has 0 aliphatic carbocycles. The number of rotatable bonds is 0. The van der Waals surface area contributed by atoms with Crippen LogP contribution < -0.4 is 38.9 Å². The molecular formula is H4Cl3NaO3. The Morgan fingerprint density at radius 1 is 0.857 bits per heavy atom. The molecule has 7 heavy (non-hydrogen) atoms. The van der Waals surface area contributed by atoms with E-state index in [-0.39, 0.29) is 47.4 Å². The van der Waals surface area contributed by atoms with Crippen molar-refractivity contribution in [2.45, 2.75) is 0 Å². The van der Waals surface area contributed by atoms with Crippen LogP contribution in [-0.2, 0) is 0 Å². The summed E-state index contributed by atoms with van der Waals surface area (Å²) in [4.78, 5) is 0. The minimum absolute atomic E-state index is 0. The molecule has 2 N–H and O–H groups in total. The van der Waals surface area contributed by atoms with Crippen molar-refractivity contribution in [3.05, 3.63) is 0 Å². The topological polar surface area (TPSA) is 77.6 Å². The molecule has 0 radical (unpaired) electrons. The van der Waals surface area contributed by atoms with Crippen molar-refractivity contribution in [3.8, 4) is 0 Å². The normalized spacial score (nSPS) is 1.71. The quantitative estimate of drug-likeness (QED) is 0.350. The van der Waals surface area contributed by atoms with Crippen molar-refractivity contribution >= 4 is 23.7 Å². The van der Waals surface area contributed by atoms with Crippen LogP contribution in [-0.4, -0.2) is 5.48 Å². The molecular weight excluding hydrogens is 177 g/mol. The third kappa shape index (κ3) is 83.7. The van der Waals surface area contributed by atoms with Crippen LogP contribution in [0.1, 0.15) is 0 Å². The average Bonchev–Trinajstić information content (AvgIpc) is 1.50. The van der Waals surface area contributed by atoms with Gasteiger partial charge in [0.05, 0.1) is 12.4 Å². The molecule has 0 rings (SSSR count). The summed E-state index contributed by atoms with van der Waals surface area (Å²) in [6.45, 7) is 0. The van der Waals surface area contributed by atoms with Gasteiger partial charge in [0.25, 0.3) is 0 Å². The fraction of sp³-hybridized carbons (Fsp3) is 0. The van der Waals surface area contributed by atoms with E-state index < -0.39 is 0 Å². The summed E-state index contributed by atoms with van der Waals surface area (Å²) in [6.07, 6.45) is 0. The first-order valence-electron chi connectivity index (χ1n) is 0.309. The minimum atomic E-state index is 0. The molecule has 44 valence electrons. The van der Waals surface area contributed by atoms with Crippen molar-refractivity contribution < 1.29 is 56.8 Å². The van der Waals surface area contributed by atoms with E-state index in [0.29, 0.717) is 0 Å². The van der Waals surface area contributed by atoms with E-state index in [4.69, 9.17) is 9.32 Å². The smallest absolute Gasteiger partial charge is 0.769 e. The van der Waals surface area contributed by atoms with Crippen molar-refractivity contribution in [3.63, 3.8) is 0 Å². The predicted molar refractivity (Wildman–Crippen MR) is 18.1 cm³/mol. The van der Waals surface area contributed by atoms with E-state index >= 15 is 0 Å². The van der Waals surface area contributed by atoms with Crippen LogP contribution in [0.25, 0.3) is 0 Å². The molecule has 0 aromatic rings. The van der Waals surface area contributed by atoms with Gasteiger partial charge in [-0.05, 0) is 0 Å². The molecule has 0 fully saturated rings. The first kappa shape index (κ1) is 37.4. The Labute approximate surface area is 80.0 Å². The number of hydrogen-bond donors (Lipinski definition) is 0. The SMILES string of the molecule is O.[ClH2+].[Na+].[O-]Cl.[O-]Cl. The summed E-state index contributed by atoms with van der Waals surface area (Å²) in [5, 5.41) is 0. The minimum Gasteiger partial charge on any atom is -0.769 e. The van der Waals surface area contributed by atoms with Gasteiger partial charge in [0, 0.05) is 0 Å². The third-order valence-corrected chi connectivity index (χ3v) is 0. The van der Waals surface area contributed by atoms with Crippen LogP contribution in [0.4, 0.5) is 0 Å². The van der Waals surface area contributed by atoms with Gasteiger partial charge < -0.3 is 14.8 Å². The summed E-state index contributed by atoms with van der Waals surface area (Å²) < 4.78 is 15.4. The van der Waals surface area contributed by atoms with Gasteiger partial charge >= 0.3 is 29.6 Å². The maximum atomic E-state index is 7.72. The Morgan fingerprint density at radius 3 is 0.857 bits per heavy atom. The van der Waals surface area contributed by atoms with Crippen LogP contribution in [0, 0.1) is 12.4 Å². The number of hydrogen-bond acceptors (Lipinski definition) is 2. The molecule has 0 bridgehead atoms. The van der Waals surface area contributed by atoms with Gasteiger partial charge in [0.2, 0.25) is 0 Å². The second-order valence-corrected chi connectivity index (χ2v) is 0. The van der Waals surface area contributed by atoms with Gasteiger partial charge in [-0.1, -0.05) is 0 Å². The zero-order valence-corrected chi connectivity index (χ0v) is 7.93. The third-order valence-electron chi connectivity index (χ3n) is 0. The Hall–Kier alpha value is 1.75. The Kier molecular flexibility index (Phi) is 616. The van der Waals surface area contributed by atoms with Crippen LogP contribution in [0.3, 0.4) is 0 Å². The van der Waals surface area contributed by atoms with Crippen LogP contribution in [0.15, 0.2) is 0 Å². The van der Waals surface area contributed by atoms with Gasteiger partial charge in [0.15, 0.2) is 0 Å². The first-order chi connectivity index (χ1) is 2.00. The standard InChI is InChI=1S/2ClO.ClH2.Na.H2O/c2*1-2;;;/h;;1H2;;1H2/q2*-1;2*+1;. The van der Waals surface area contributed by atoms with Crippen molar-refractivity contribution in [1.29, 1.82) is 0 Å². The molecule has 0 heterocycles. The molecule has 0 unspecified atom stereocenters. The molecule has 0 saturated heterocycles. The zero-order chi connectivity index (χ0) is 4.00. The maximum absolute atomic E-state index is 7.72. The van der Waals surface area contributed by atoms with E-state index in [1.165, 1.54) is 0 Å². The summed E-state index contributed by atoms with van der Waals surface area (Å²) in [6, 6.07) is 0. The van der Waals surface area contributed by atoms with Crippen LogP contribution >= 0.6 is 23.7 Å². The number of halogens is 3. The predicted octanol–water partition coefficient (Wildman–Crippen LogP) is -5.36. The van der Waals surface area contributed by atoms with E-state index in [1.54, 1.807) is 0 Å². The van der Waals surface area contributed by atoms with E-state index in [9.17, 15) is 0 Å². The molecule has 0 aromatic heterocycles. The Balaban J connectivity index is -0.00000000267. The second kappa shape index (κ2) is 115. The average molecular weight is 181 g/mol. The molecule has 0 aliphatic heterocycles. The monoisotopic (exact) mass is 180 g/mol. The summed E-state index contributed by atoms with van der Waals surface area (Å²) >= 11 is 6.78. The molecule has 0 aromatic carbocycles. The molecule has 7 heteroatoms. The molecule has 0 amide bonds. The fourth-order valence-corrected chi connectivity index (χ4v) is 0. The van der Waals surface area contributed by atoms with Gasteiger partial charge in [0.1, 0.15) is 0 Å². The molecule has 0 atom stereocenters. The summed E-state index contributed by atoms with van der Waals surface area (Å²) in [7, 11) is 0. The first-order valence-corrected chi connectivity index (χ1v) is 0.926. The molecule has 0 aliphatic rings. The van der Waals surface area contributed by atoms with Gasteiger partial charge in [-0.3, -0.25) is 0 Å². The van der Waals surface area contributed by atoms with Crippen molar-refractivity contribution in [1.82, 2.24) is 0 Å². The van der Waals surface area contributed by atoms with Crippen LogP contribution in [0.2, 0.25) is 0 Å². The second-order valence-electron chi connectivity index (χ2n) is 0. The summed E-state index contributed by atoms with van der Waals surface area (Å²) in [5.41, 5.74) is 0. The Bertz CT molecular complexity index is 10.1. The maximum Gasteiger partial charge on any atom is 1.00 e. The van der Waals surface area contributed by atoms with E-state index in [1.807, 2.05) is 0 Å². The van der Waals surface area contributed by atoms with Crippen molar-refractivity contribution in [2.24, 2.45) is 0 Å². The Morgan fingerprint density at radius 2 is 0.857 bits per heavy atom. The molecule has 0 saturated carbocycles. The van der Waals surface area contributed by atoms with Gasteiger partial charge in [-0.25, -0.2) is 23.7 Å². The zero-order valence-electron chi connectivity index (χ0n) is 3.52. The van der Waals surface area contributed by atoms with E-state index in [2.05, 4.69) is 23.7 Å². The summed E-state index contributed by atoms with van der Waals surface area (Å²) in [5.74, 6) is 0. The van der Waals surface area contributed by atoms with Crippen LogP contribution in [0.5, 0.6) is 0 Å².